The maximum absolute atomic E-state index is 13.1. The summed E-state index contributed by atoms with van der Waals surface area (Å²) in [7, 11) is 0. The van der Waals surface area contributed by atoms with Gasteiger partial charge in [0.2, 0.25) is 5.95 Å². The Kier molecular flexibility index (Phi) is 2.09. The van der Waals surface area contributed by atoms with E-state index in [1.54, 1.807) is 31.2 Å². The summed E-state index contributed by atoms with van der Waals surface area (Å²) in [4.78, 5) is 3.66. The molecule has 0 atom stereocenters. The molecule has 0 aliphatic carbocycles. The minimum atomic E-state index is -0.544. The third-order valence-electron chi connectivity index (χ3n) is 3.06. The second kappa shape index (κ2) is 5.25. The van der Waals surface area contributed by atoms with Crippen LogP contribution in [0.15, 0.2) is 66.7 Å². The Hall–Kier alpha value is -2.48. The minimum Gasteiger partial charge on any atom is -0.228 e. The van der Waals surface area contributed by atoms with Gasteiger partial charge in [-0.3, -0.25) is 0 Å². The molecular formula is C18H14FN. The second-order valence-electron chi connectivity index (χ2n) is 4.40. The molecule has 3 rings (SSSR count). The maximum atomic E-state index is 13.1. The lowest BCUT2D eigenvalue weighted by atomic mass is 9.99. The smallest absolute Gasteiger partial charge is 0.213 e. The van der Waals surface area contributed by atoms with Crippen molar-refractivity contribution < 1.29 is 11.2 Å². The van der Waals surface area contributed by atoms with E-state index in [0.717, 1.165) is 16.7 Å². The number of aryl methyl sites for hydroxylation is 1. The van der Waals surface area contributed by atoms with Crippen LogP contribution in [0.3, 0.4) is 0 Å². The second-order valence-corrected chi connectivity index (χ2v) is 4.40. The van der Waals surface area contributed by atoms with Crippen molar-refractivity contribution in [3.63, 3.8) is 0 Å². The summed E-state index contributed by atoms with van der Waals surface area (Å²) in [6, 6.07) is 6.63. The molecule has 0 aliphatic rings. The first-order valence-electron chi connectivity index (χ1n) is 8.61. The summed E-state index contributed by atoms with van der Waals surface area (Å²) in [5.41, 5.74) is 3.00. The van der Waals surface area contributed by atoms with Crippen molar-refractivity contribution in [3.8, 4) is 22.3 Å². The monoisotopic (exact) mass is 268 g/mol. The Morgan fingerprint density at radius 1 is 0.950 bits per heavy atom. The Labute approximate surface area is 124 Å². The summed E-state index contributed by atoms with van der Waals surface area (Å²) >= 11 is 0. The maximum Gasteiger partial charge on any atom is 0.213 e. The predicted octanol–water partition coefficient (Wildman–Crippen LogP) is 4.86. The highest BCUT2D eigenvalue weighted by Crippen LogP contribution is 2.26. The molecule has 2 heteroatoms. The quantitative estimate of drug-likeness (QED) is 0.605. The first-order chi connectivity index (χ1) is 11.8. The molecule has 98 valence electrons. The first-order valence-corrected chi connectivity index (χ1v) is 6.11. The van der Waals surface area contributed by atoms with E-state index in [0.29, 0.717) is 5.56 Å². The van der Waals surface area contributed by atoms with Gasteiger partial charge in [-0.15, -0.1) is 0 Å². The normalized spacial score (nSPS) is 14.0. The van der Waals surface area contributed by atoms with Gasteiger partial charge < -0.3 is 0 Å². The molecule has 0 aliphatic heterocycles. The Morgan fingerprint density at radius 2 is 1.60 bits per heavy atom. The van der Waals surface area contributed by atoms with Gasteiger partial charge in [0.1, 0.15) is 0 Å². The summed E-state index contributed by atoms with van der Waals surface area (Å²) in [5.74, 6) is -0.544. The van der Waals surface area contributed by atoms with E-state index in [9.17, 15) is 4.39 Å². The van der Waals surface area contributed by atoms with Crippen LogP contribution in [-0.2, 0) is 0 Å². The molecule has 0 saturated carbocycles. The number of hydrogen-bond donors (Lipinski definition) is 0. The van der Waals surface area contributed by atoms with Crippen molar-refractivity contribution in [1.29, 1.82) is 0 Å². The summed E-state index contributed by atoms with van der Waals surface area (Å²) in [5, 5.41) is 0. The highest BCUT2D eigenvalue weighted by Gasteiger charge is 2.04. The van der Waals surface area contributed by atoms with E-state index in [1.807, 2.05) is 0 Å². The zero-order valence-corrected chi connectivity index (χ0v) is 10.8. The molecule has 0 unspecified atom stereocenters. The standard InChI is InChI=1S/C18H14FN/c1-13-11-18(19)20-12-17(13)16-9-7-15(8-10-16)14-5-3-2-4-6-14/h2-12H,1H3/i2D,3D,4D,5D,6D. The molecule has 0 amide bonds. The van der Waals surface area contributed by atoms with Crippen LogP contribution in [0.5, 0.6) is 0 Å². The molecule has 1 aromatic heterocycles. The molecule has 2 aromatic carbocycles. The molecule has 0 radical (unpaired) electrons. The Morgan fingerprint density at radius 3 is 2.25 bits per heavy atom. The van der Waals surface area contributed by atoms with Gasteiger partial charge in [-0.2, -0.15) is 4.39 Å². The summed E-state index contributed by atoms with van der Waals surface area (Å²) < 4.78 is 52.4. The fourth-order valence-corrected chi connectivity index (χ4v) is 2.03. The molecule has 3 aromatic rings. The molecule has 0 fully saturated rings. The van der Waals surface area contributed by atoms with Crippen molar-refractivity contribution in [2.24, 2.45) is 0 Å². The van der Waals surface area contributed by atoms with Gasteiger partial charge in [0.05, 0.1) is 6.85 Å². The molecule has 0 bridgehead atoms. The van der Waals surface area contributed by atoms with Gasteiger partial charge >= 0.3 is 0 Å². The number of nitrogens with zero attached hydrogens (tertiary/aromatic N) is 1. The molecular weight excluding hydrogens is 249 g/mol. The lowest BCUT2D eigenvalue weighted by molar-refractivity contribution is 0.583. The minimum absolute atomic E-state index is 0.159. The fourth-order valence-electron chi connectivity index (χ4n) is 2.03. The van der Waals surface area contributed by atoms with Gasteiger partial charge in [-0.1, -0.05) is 54.5 Å². The third-order valence-corrected chi connectivity index (χ3v) is 3.06. The van der Waals surface area contributed by atoms with Gasteiger partial charge in [0.25, 0.3) is 0 Å². The van der Waals surface area contributed by atoms with Gasteiger partial charge in [0.15, 0.2) is 0 Å². The number of rotatable bonds is 2. The third kappa shape index (κ3) is 2.45. The van der Waals surface area contributed by atoms with Crippen LogP contribution in [-0.4, -0.2) is 4.98 Å². The zero-order chi connectivity index (χ0) is 18.3. The number of benzene rings is 2. The number of aromatic nitrogens is 1. The van der Waals surface area contributed by atoms with E-state index in [4.69, 9.17) is 6.85 Å². The zero-order valence-electron chi connectivity index (χ0n) is 15.8. The van der Waals surface area contributed by atoms with Crippen molar-refractivity contribution in [1.82, 2.24) is 4.98 Å². The molecule has 1 nitrogen and oxygen atoms in total. The van der Waals surface area contributed by atoms with Crippen molar-refractivity contribution in [2.75, 3.05) is 0 Å². The topological polar surface area (TPSA) is 12.9 Å². The first kappa shape index (κ1) is 7.95. The average Bonchev–Trinajstić information content (AvgIpc) is 2.59. The average molecular weight is 268 g/mol. The van der Waals surface area contributed by atoms with E-state index >= 15 is 0 Å². The van der Waals surface area contributed by atoms with Gasteiger partial charge in [-0.25, -0.2) is 4.98 Å². The Bertz CT molecular complexity index is 941. The highest BCUT2D eigenvalue weighted by atomic mass is 19.1. The van der Waals surface area contributed by atoms with E-state index in [2.05, 4.69) is 4.98 Å². The lowest BCUT2D eigenvalue weighted by Gasteiger charge is -2.07. The van der Waals surface area contributed by atoms with Crippen molar-refractivity contribution in [3.05, 3.63) is 78.3 Å². The van der Waals surface area contributed by atoms with Gasteiger partial charge in [0, 0.05) is 11.8 Å². The number of halogens is 1. The molecule has 0 spiro atoms. The summed E-state index contributed by atoms with van der Waals surface area (Å²) in [6.45, 7) is 1.78. The van der Waals surface area contributed by atoms with Crippen LogP contribution < -0.4 is 0 Å². The highest BCUT2D eigenvalue weighted by molar-refractivity contribution is 5.71. The van der Waals surface area contributed by atoms with Crippen molar-refractivity contribution >= 4 is 0 Å². The van der Waals surface area contributed by atoms with E-state index in [1.165, 1.54) is 12.3 Å². The van der Waals surface area contributed by atoms with Crippen LogP contribution >= 0.6 is 0 Å². The lowest BCUT2D eigenvalue weighted by Crippen LogP contribution is -1.89. The van der Waals surface area contributed by atoms with Crippen LogP contribution in [0.2, 0.25) is 0 Å². The van der Waals surface area contributed by atoms with Crippen LogP contribution in [0.4, 0.5) is 4.39 Å². The molecule has 0 saturated heterocycles. The fraction of sp³-hybridized carbons (Fsp3) is 0.0556. The number of pyridine rings is 1. The summed E-state index contributed by atoms with van der Waals surface area (Å²) in [6.07, 6.45) is 1.45. The van der Waals surface area contributed by atoms with Crippen LogP contribution in [0.1, 0.15) is 12.4 Å². The molecule has 1 heterocycles. The number of hydrogen-bond acceptors (Lipinski definition) is 1. The Balaban J connectivity index is 2.10. The van der Waals surface area contributed by atoms with E-state index < -0.39 is 12.0 Å². The van der Waals surface area contributed by atoms with Crippen molar-refractivity contribution in [2.45, 2.75) is 6.92 Å². The van der Waals surface area contributed by atoms with Gasteiger partial charge in [-0.05, 0) is 35.2 Å². The van der Waals surface area contributed by atoms with E-state index in [-0.39, 0.29) is 29.7 Å². The molecule has 20 heavy (non-hydrogen) atoms. The SMILES string of the molecule is [2H]c1c([2H])c([2H])c(-c2ccc(-c3cnc(F)cc3C)cc2)c([2H])c1[2H]. The predicted molar refractivity (Wildman–Crippen MR) is 79.8 cm³/mol. The van der Waals surface area contributed by atoms with Crippen LogP contribution in [0, 0.1) is 12.9 Å². The van der Waals surface area contributed by atoms with Crippen LogP contribution in [0.25, 0.3) is 22.3 Å². The molecule has 0 N–H and O–H groups in total. The largest absolute Gasteiger partial charge is 0.228 e.